The lowest BCUT2D eigenvalue weighted by Crippen LogP contribution is -2.23. The second-order valence-corrected chi connectivity index (χ2v) is 4.08. The number of ether oxygens (including phenoxy) is 1. The molecule has 0 aliphatic heterocycles. The molecule has 0 radical (unpaired) electrons. The first-order chi connectivity index (χ1) is 7.97. The predicted molar refractivity (Wildman–Crippen MR) is 55.7 cm³/mol. The third kappa shape index (κ3) is 2.88. The molecule has 2 rings (SSSR count). The second kappa shape index (κ2) is 4.52. The van der Waals surface area contributed by atoms with E-state index in [1.807, 2.05) is 0 Å². The van der Waals surface area contributed by atoms with Gasteiger partial charge in [-0.1, -0.05) is 0 Å². The number of nitrogens with two attached hydrogens (primary N) is 1. The first-order valence-corrected chi connectivity index (χ1v) is 5.40. The van der Waals surface area contributed by atoms with Gasteiger partial charge in [0.2, 0.25) is 0 Å². The van der Waals surface area contributed by atoms with Gasteiger partial charge in [0, 0.05) is 17.8 Å². The van der Waals surface area contributed by atoms with Crippen LogP contribution >= 0.6 is 0 Å². The SMILES string of the molecule is NC1CCCc2c(OCC(F)(F)F)ccnc21. The highest BCUT2D eigenvalue weighted by Gasteiger charge is 2.29. The van der Waals surface area contributed by atoms with Crippen molar-refractivity contribution in [3.63, 3.8) is 0 Å². The van der Waals surface area contributed by atoms with Crippen LogP contribution in [0.15, 0.2) is 12.3 Å². The topological polar surface area (TPSA) is 48.1 Å². The van der Waals surface area contributed by atoms with Gasteiger partial charge in [-0.05, 0) is 25.3 Å². The second-order valence-electron chi connectivity index (χ2n) is 4.08. The van der Waals surface area contributed by atoms with Crippen molar-refractivity contribution in [2.24, 2.45) is 5.73 Å². The van der Waals surface area contributed by atoms with Crippen LogP contribution in [0, 0.1) is 0 Å². The van der Waals surface area contributed by atoms with Crippen LogP contribution in [-0.2, 0) is 6.42 Å². The van der Waals surface area contributed by atoms with E-state index >= 15 is 0 Å². The van der Waals surface area contributed by atoms with Crippen molar-refractivity contribution in [2.45, 2.75) is 31.5 Å². The summed E-state index contributed by atoms with van der Waals surface area (Å²) in [6, 6.07) is 1.26. The van der Waals surface area contributed by atoms with Crippen molar-refractivity contribution >= 4 is 0 Å². The quantitative estimate of drug-likeness (QED) is 0.871. The maximum absolute atomic E-state index is 12.1. The molecule has 0 aromatic carbocycles. The predicted octanol–water partition coefficient (Wildman–Crippen LogP) is 2.36. The van der Waals surface area contributed by atoms with Gasteiger partial charge in [-0.3, -0.25) is 4.98 Å². The summed E-state index contributed by atoms with van der Waals surface area (Å²) in [5, 5.41) is 0. The summed E-state index contributed by atoms with van der Waals surface area (Å²) < 4.78 is 41.1. The Bertz CT molecular complexity index is 406. The van der Waals surface area contributed by atoms with E-state index in [4.69, 9.17) is 10.5 Å². The lowest BCUT2D eigenvalue weighted by molar-refractivity contribution is -0.153. The van der Waals surface area contributed by atoms with Crippen LogP contribution in [0.25, 0.3) is 0 Å². The zero-order valence-electron chi connectivity index (χ0n) is 9.13. The fraction of sp³-hybridized carbons (Fsp3) is 0.545. The maximum Gasteiger partial charge on any atom is 0.422 e. The normalized spacial score (nSPS) is 19.9. The van der Waals surface area contributed by atoms with E-state index in [-0.39, 0.29) is 11.8 Å². The van der Waals surface area contributed by atoms with Crippen LogP contribution in [0.1, 0.15) is 30.1 Å². The van der Waals surface area contributed by atoms with Crippen LogP contribution in [0.5, 0.6) is 5.75 Å². The summed E-state index contributed by atoms with van der Waals surface area (Å²) >= 11 is 0. The molecule has 1 aromatic rings. The third-order valence-corrected chi connectivity index (χ3v) is 2.73. The summed E-state index contributed by atoms with van der Waals surface area (Å²) in [6.45, 7) is -1.28. The molecule has 0 fully saturated rings. The Morgan fingerprint density at radius 1 is 1.47 bits per heavy atom. The summed E-state index contributed by atoms with van der Waals surface area (Å²) in [7, 11) is 0. The minimum Gasteiger partial charge on any atom is -0.484 e. The molecule has 1 unspecified atom stereocenters. The Kier molecular flexibility index (Phi) is 3.24. The minimum absolute atomic E-state index is 0.201. The van der Waals surface area contributed by atoms with E-state index in [2.05, 4.69) is 4.98 Å². The molecule has 3 nitrogen and oxygen atoms in total. The van der Waals surface area contributed by atoms with E-state index in [0.717, 1.165) is 18.4 Å². The zero-order chi connectivity index (χ0) is 12.5. The first kappa shape index (κ1) is 12.2. The molecule has 1 aliphatic carbocycles. The molecule has 17 heavy (non-hydrogen) atoms. The van der Waals surface area contributed by atoms with Gasteiger partial charge in [0.05, 0.1) is 5.69 Å². The fourth-order valence-electron chi connectivity index (χ4n) is 1.99. The van der Waals surface area contributed by atoms with Crippen LogP contribution in [-0.4, -0.2) is 17.8 Å². The summed E-state index contributed by atoms with van der Waals surface area (Å²) in [5.41, 5.74) is 7.24. The van der Waals surface area contributed by atoms with E-state index < -0.39 is 12.8 Å². The molecule has 94 valence electrons. The van der Waals surface area contributed by atoms with Gasteiger partial charge in [0.15, 0.2) is 6.61 Å². The molecule has 1 atom stereocenters. The lowest BCUT2D eigenvalue weighted by atomic mass is 9.92. The average Bonchev–Trinajstić information content (AvgIpc) is 2.26. The zero-order valence-corrected chi connectivity index (χ0v) is 9.13. The summed E-state index contributed by atoms with van der Waals surface area (Å²) in [5.74, 6) is 0.252. The molecule has 2 N–H and O–H groups in total. The standard InChI is InChI=1S/C11H13F3N2O/c12-11(13,14)6-17-9-4-5-16-10-7(9)2-1-3-8(10)15/h4-5,8H,1-3,6,15H2. The van der Waals surface area contributed by atoms with Crippen molar-refractivity contribution in [3.8, 4) is 5.75 Å². The van der Waals surface area contributed by atoms with Crippen LogP contribution in [0.3, 0.4) is 0 Å². The number of rotatable bonds is 2. The Morgan fingerprint density at radius 2 is 2.24 bits per heavy atom. The molecular formula is C11H13F3N2O. The molecule has 0 bridgehead atoms. The third-order valence-electron chi connectivity index (χ3n) is 2.73. The van der Waals surface area contributed by atoms with Crippen molar-refractivity contribution in [2.75, 3.05) is 6.61 Å². The van der Waals surface area contributed by atoms with Crippen LogP contribution in [0.4, 0.5) is 13.2 Å². The summed E-state index contributed by atoms with van der Waals surface area (Å²) in [6.07, 6.45) is -0.558. The van der Waals surface area contributed by atoms with Crippen molar-refractivity contribution in [3.05, 3.63) is 23.5 Å². The summed E-state index contributed by atoms with van der Waals surface area (Å²) in [4.78, 5) is 4.12. The number of hydrogen-bond acceptors (Lipinski definition) is 3. The highest BCUT2D eigenvalue weighted by molar-refractivity contribution is 5.38. The molecule has 6 heteroatoms. The fourth-order valence-corrected chi connectivity index (χ4v) is 1.99. The van der Waals surface area contributed by atoms with E-state index in [0.29, 0.717) is 12.1 Å². The number of alkyl halides is 3. The number of fused-ring (bicyclic) bond motifs is 1. The monoisotopic (exact) mass is 246 g/mol. The molecule has 1 aliphatic rings. The molecule has 0 spiro atoms. The van der Waals surface area contributed by atoms with Crippen LogP contribution in [0.2, 0.25) is 0 Å². The molecule has 1 aromatic heterocycles. The van der Waals surface area contributed by atoms with E-state index in [1.165, 1.54) is 12.3 Å². The lowest BCUT2D eigenvalue weighted by Gasteiger charge is -2.23. The maximum atomic E-state index is 12.1. The average molecular weight is 246 g/mol. The number of hydrogen-bond donors (Lipinski definition) is 1. The largest absolute Gasteiger partial charge is 0.484 e. The van der Waals surface area contributed by atoms with Gasteiger partial charge in [-0.15, -0.1) is 0 Å². The van der Waals surface area contributed by atoms with Crippen molar-refractivity contribution < 1.29 is 17.9 Å². The van der Waals surface area contributed by atoms with Gasteiger partial charge >= 0.3 is 6.18 Å². The van der Waals surface area contributed by atoms with Crippen molar-refractivity contribution in [1.29, 1.82) is 0 Å². The minimum atomic E-state index is -4.33. The number of pyridine rings is 1. The van der Waals surface area contributed by atoms with Gasteiger partial charge in [-0.2, -0.15) is 13.2 Å². The number of aromatic nitrogens is 1. The van der Waals surface area contributed by atoms with Gasteiger partial charge in [-0.25, -0.2) is 0 Å². The Labute approximate surface area is 96.8 Å². The Morgan fingerprint density at radius 3 is 2.94 bits per heavy atom. The highest BCUT2D eigenvalue weighted by atomic mass is 19.4. The van der Waals surface area contributed by atoms with Crippen LogP contribution < -0.4 is 10.5 Å². The number of nitrogens with zero attached hydrogens (tertiary/aromatic N) is 1. The Balaban J connectivity index is 2.21. The molecule has 0 saturated carbocycles. The van der Waals surface area contributed by atoms with Gasteiger partial charge < -0.3 is 10.5 Å². The molecule has 0 saturated heterocycles. The number of halogens is 3. The molecule has 0 amide bonds. The van der Waals surface area contributed by atoms with E-state index in [1.54, 1.807) is 0 Å². The van der Waals surface area contributed by atoms with Crippen molar-refractivity contribution in [1.82, 2.24) is 4.98 Å². The highest BCUT2D eigenvalue weighted by Crippen LogP contribution is 2.33. The van der Waals surface area contributed by atoms with E-state index in [9.17, 15) is 13.2 Å². The first-order valence-electron chi connectivity index (χ1n) is 5.40. The van der Waals surface area contributed by atoms with Gasteiger partial charge in [0.1, 0.15) is 5.75 Å². The molecular weight excluding hydrogens is 233 g/mol. The molecule has 1 heterocycles. The van der Waals surface area contributed by atoms with Gasteiger partial charge in [0.25, 0.3) is 0 Å². The Hall–Kier alpha value is -1.30. The smallest absolute Gasteiger partial charge is 0.422 e.